The van der Waals surface area contributed by atoms with Gasteiger partial charge in [-0.1, -0.05) is 13.0 Å². The van der Waals surface area contributed by atoms with Crippen LogP contribution in [0.3, 0.4) is 0 Å². The fourth-order valence-corrected chi connectivity index (χ4v) is 3.25. The highest BCUT2D eigenvalue weighted by Gasteiger charge is 2.32. The van der Waals surface area contributed by atoms with Crippen molar-refractivity contribution in [1.29, 1.82) is 0 Å². The molecule has 0 saturated heterocycles. The average Bonchev–Trinajstić information content (AvgIpc) is 2.36. The monoisotopic (exact) mass is 327 g/mol. The van der Waals surface area contributed by atoms with Crippen molar-refractivity contribution in [2.24, 2.45) is 0 Å². The Morgan fingerprint density at radius 1 is 1.29 bits per heavy atom. The van der Waals surface area contributed by atoms with Gasteiger partial charge in [0.25, 0.3) is 0 Å². The molecule has 0 spiro atoms. The fourth-order valence-electron chi connectivity index (χ4n) is 1.69. The maximum absolute atomic E-state index is 12.3. The fraction of sp³-hybridized carbons (Fsp3) is 0.500. The Morgan fingerprint density at radius 2 is 1.95 bits per heavy atom. The van der Waals surface area contributed by atoms with Crippen LogP contribution in [0.2, 0.25) is 0 Å². The van der Waals surface area contributed by atoms with E-state index in [1.165, 1.54) is 6.07 Å². The quantitative estimate of drug-likeness (QED) is 0.831. The van der Waals surface area contributed by atoms with Gasteiger partial charge in [-0.25, -0.2) is 8.42 Å². The lowest BCUT2D eigenvalue weighted by molar-refractivity contribution is -0.274. The summed E-state index contributed by atoms with van der Waals surface area (Å²) in [5, 5.41) is 8.90. The van der Waals surface area contributed by atoms with Crippen molar-refractivity contribution in [2.45, 2.75) is 24.6 Å². The van der Waals surface area contributed by atoms with Crippen molar-refractivity contribution in [2.75, 3.05) is 19.7 Å². The van der Waals surface area contributed by atoms with Gasteiger partial charge in [-0.3, -0.25) is 0 Å². The number of aliphatic hydroxyl groups is 1. The van der Waals surface area contributed by atoms with E-state index in [-0.39, 0.29) is 24.6 Å². The smallest absolute Gasteiger partial charge is 0.406 e. The molecule has 120 valence electrons. The Bertz CT molecular complexity index is 554. The highest BCUT2D eigenvalue weighted by atomic mass is 32.2. The zero-order chi connectivity index (χ0) is 16.1. The molecule has 1 rings (SSSR count). The van der Waals surface area contributed by atoms with Gasteiger partial charge in [0.15, 0.2) is 0 Å². The van der Waals surface area contributed by atoms with Crippen molar-refractivity contribution in [1.82, 2.24) is 4.31 Å². The van der Waals surface area contributed by atoms with E-state index in [4.69, 9.17) is 5.11 Å². The van der Waals surface area contributed by atoms with Gasteiger partial charge in [0.2, 0.25) is 10.0 Å². The van der Waals surface area contributed by atoms with Gasteiger partial charge in [-0.05, 0) is 18.6 Å². The van der Waals surface area contributed by atoms with Crippen molar-refractivity contribution >= 4 is 10.0 Å². The minimum absolute atomic E-state index is 0.124. The lowest BCUT2D eigenvalue weighted by Crippen LogP contribution is -2.34. The van der Waals surface area contributed by atoms with Gasteiger partial charge in [0, 0.05) is 19.2 Å². The van der Waals surface area contributed by atoms with E-state index in [0.29, 0.717) is 6.42 Å². The molecule has 21 heavy (non-hydrogen) atoms. The molecule has 0 saturated carbocycles. The lowest BCUT2D eigenvalue weighted by atomic mass is 10.3. The van der Waals surface area contributed by atoms with Gasteiger partial charge < -0.3 is 9.84 Å². The Balaban J connectivity index is 3.10. The summed E-state index contributed by atoms with van der Waals surface area (Å²) in [6.07, 6.45) is -4.38. The van der Waals surface area contributed by atoms with Gasteiger partial charge in [-0.2, -0.15) is 4.31 Å². The number of nitrogens with zero attached hydrogens (tertiary/aromatic N) is 1. The summed E-state index contributed by atoms with van der Waals surface area (Å²) in [6, 6.07) is 4.17. The molecule has 0 aliphatic carbocycles. The van der Waals surface area contributed by atoms with Crippen LogP contribution in [0.1, 0.15) is 13.3 Å². The number of hydrogen-bond donors (Lipinski definition) is 1. The summed E-state index contributed by atoms with van der Waals surface area (Å²) < 4.78 is 65.8. The van der Waals surface area contributed by atoms with Crippen LogP contribution in [0.25, 0.3) is 0 Å². The molecule has 0 atom stereocenters. The topological polar surface area (TPSA) is 66.8 Å². The van der Waals surface area contributed by atoms with Crippen LogP contribution in [0.15, 0.2) is 29.2 Å². The molecule has 0 fully saturated rings. The number of halogens is 3. The second-order valence-corrected chi connectivity index (χ2v) is 6.09. The van der Waals surface area contributed by atoms with Crippen LogP contribution in [-0.4, -0.2) is 43.9 Å². The molecule has 0 aliphatic rings. The molecule has 0 amide bonds. The van der Waals surface area contributed by atoms with E-state index in [2.05, 4.69) is 4.74 Å². The zero-order valence-electron chi connectivity index (χ0n) is 11.3. The number of rotatable bonds is 7. The van der Waals surface area contributed by atoms with Gasteiger partial charge >= 0.3 is 6.36 Å². The van der Waals surface area contributed by atoms with E-state index < -0.39 is 22.1 Å². The van der Waals surface area contributed by atoms with Crippen LogP contribution in [-0.2, 0) is 10.0 Å². The predicted molar refractivity (Wildman–Crippen MR) is 69.3 cm³/mol. The summed E-state index contributed by atoms with van der Waals surface area (Å²) in [6.45, 7) is 1.41. The SMILES string of the molecule is CCCN(CCO)S(=O)(=O)c1cccc(OC(F)(F)F)c1. The van der Waals surface area contributed by atoms with Gasteiger partial charge in [-0.15, -0.1) is 13.2 Å². The second-order valence-electron chi connectivity index (χ2n) is 4.15. The first-order chi connectivity index (χ1) is 9.70. The molecular formula is C12H16F3NO4S. The maximum Gasteiger partial charge on any atom is 0.573 e. The number of benzene rings is 1. The van der Waals surface area contributed by atoms with Crippen LogP contribution in [0.5, 0.6) is 5.75 Å². The minimum Gasteiger partial charge on any atom is -0.406 e. The van der Waals surface area contributed by atoms with Crippen LogP contribution >= 0.6 is 0 Å². The Kier molecular flexibility index (Phi) is 5.99. The normalized spacial score (nSPS) is 12.7. The number of alkyl halides is 3. The van der Waals surface area contributed by atoms with E-state index in [1.54, 1.807) is 6.92 Å². The number of hydrogen-bond acceptors (Lipinski definition) is 4. The van der Waals surface area contributed by atoms with E-state index in [1.807, 2.05) is 0 Å². The Hall–Kier alpha value is -1.32. The molecule has 5 nitrogen and oxygen atoms in total. The van der Waals surface area contributed by atoms with E-state index in [9.17, 15) is 21.6 Å². The summed E-state index contributed by atoms with van der Waals surface area (Å²) >= 11 is 0. The molecule has 1 aromatic rings. The first-order valence-electron chi connectivity index (χ1n) is 6.17. The molecule has 9 heteroatoms. The zero-order valence-corrected chi connectivity index (χ0v) is 12.1. The molecule has 0 radical (unpaired) electrons. The largest absolute Gasteiger partial charge is 0.573 e. The summed E-state index contributed by atoms with van der Waals surface area (Å²) in [4.78, 5) is -0.314. The lowest BCUT2D eigenvalue weighted by Gasteiger charge is -2.21. The molecule has 0 heterocycles. The molecule has 0 aliphatic heterocycles. The third-order valence-electron chi connectivity index (χ3n) is 2.50. The Morgan fingerprint density at radius 3 is 2.48 bits per heavy atom. The molecule has 1 N–H and O–H groups in total. The predicted octanol–water partition coefficient (Wildman–Crippen LogP) is 1.98. The van der Waals surface area contributed by atoms with E-state index >= 15 is 0 Å². The second kappa shape index (κ2) is 7.10. The van der Waals surface area contributed by atoms with Crippen molar-refractivity contribution in [3.8, 4) is 5.75 Å². The molecule has 0 unspecified atom stereocenters. The third kappa shape index (κ3) is 5.18. The highest BCUT2D eigenvalue weighted by molar-refractivity contribution is 7.89. The number of aliphatic hydroxyl groups excluding tert-OH is 1. The van der Waals surface area contributed by atoms with Crippen molar-refractivity contribution in [3.63, 3.8) is 0 Å². The summed E-state index contributed by atoms with van der Waals surface area (Å²) in [7, 11) is -3.98. The van der Waals surface area contributed by atoms with Crippen LogP contribution in [0.4, 0.5) is 13.2 Å². The molecule has 0 bridgehead atoms. The third-order valence-corrected chi connectivity index (χ3v) is 4.39. The highest BCUT2D eigenvalue weighted by Crippen LogP contribution is 2.26. The molecular weight excluding hydrogens is 311 g/mol. The van der Waals surface area contributed by atoms with Gasteiger partial charge in [0.05, 0.1) is 11.5 Å². The van der Waals surface area contributed by atoms with E-state index in [0.717, 1.165) is 22.5 Å². The Labute approximate surface area is 121 Å². The standard InChI is InChI=1S/C12H16F3NO4S/c1-2-6-16(7-8-17)21(18,19)11-5-3-4-10(9-11)20-12(13,14)15/h3-5,9,17H,2,6-8H2,1H3. The molecule has 1 aromatic carbocycles. The maximum atomic E-state index is 12.3. The first-order valence-corrected chi connectivity index (χ1v) is 7.61. The van der Waals surface area contributed by atoms with Crippen molar-refractivity contribution in [3.05, 3.63) is 24.3 Å². The van der Waals surface area contributed by atoms with Gasteiger partial charge in [0.1, 0.15) is 5.75 Å². The van der Waals surface area contributed by atoms with Crippen LogP contribution < -0.4 is 4.74 Å². The van der Waals surface area contributed by atoms with Crippen molar-refractivity contribution < 1.29 is 31.4 Å². The molecule has 0 aromatic heterocycles. The average molecular weight is 327 g/mol. The number of sulfonamides is 1. The summed E-state index contributed by atoms with van der Waals surface area (Å²) in [5.74, 6) is -0.607. The number of ether oxygens (including phenoxy) is 1. The minimum atomic E-state index is -4.89. The van der Waals surface area contributed by atoms with Crippen LogP contribution in [0, 0.1) is 0 Å². The summed E-state index contributed by atoms with van der Waals surface area (Å²) in [5.41, 5.74) is 0. The first kappa shape index (κ1) is 17.7.